The molecule has 0 aromatic carbocycles. The Kier molecular flexibility index (Phi) is 3.01. The molecule has 118 valence electrons. The fourth-order valence-electron chi connectivity index (χ4n) is 3.55. The van der Waals surface area contributed by atoms with E-state index in [4.69, 9.17) is 0 Å². The maximum absolute atomic E-state index is 12.3. The number of hydrogen-bond acceptors (Lipinski definition) is 4. The van der Waals surface area contributed by atoms with E-state index in [0.717, 1.165) is 4.90 Å². The fraction of sp³-hybridized carbons (Fsp3) is 0.571. The maximum atomic E-state index is 12.3. The largest absolute Gasteiger partial charge is 0.331 e. The summed E-state index contributed by atoms with van der Waals surface area (Å²) < 4.78 is 0. The number of fused-ring (bicyclic) bond motifs is 1. The van der Waals surface area contributed by atoms with Crippen LogP contribution in [0.5, 0.6) is 0 Å². The molecule has 0 aromatic rings. The average Bonchev–Trinajstić information content (AvgIpc) is 2.98. The van der Waals surface area contributed by atoms with Crippen molar-refractivity contribution in [1.82, 2.24) is 19.6 Å². The number of Topliss-reactive ketones (excluding diaryl/α,β-unsaturated/α-hetero) is 1. The van der Waals surface area contributed by atoms with Gasteiger partial charge in [-0.15, -0.1) is 0 Å². The summed E-state index contributed by atoms with van der Waals surface area (Å²) in [6.07, 6.45) is 1.81. The highest BCUT2D eigenvalue weighted by atomic mass is 16.2. The maximum Gasteiger partial charge on any atom is 0.331 e. The fourth-order valence-corrected chi connectivity index (χ4v) is 3.55. The monoisotopic (exact) mass is 306 g/mol. The molecule has 3 aliphatic rings. The molecule has 2 saturated heterocycles. The van der Waals surface area contributed by atoms with Crippen molar-refractivity contribution in [3.8, 4) is 0 Å². The summed E-state index contributed by atoms with van der Waals surface area (Å²) in [6, 6.07) is -1.03. The Hall–Kier alpha value is -2.38. The first-order valence-electron chi connectivity index (χ1n) is 7.05. The number of amides is 5. The molecule has 3 unspecified atom stereocenters. The van der Waals surface area contributed by atoms with Crippen LogP contribution < -0.4 is 0 Å². The van der Waals surface area contributed by atoms with Gasteiger partial charge in [0.05, 0.1) is 18.0 Å². The first-order chi connectivity index (χ1) is 10.3. The van der Waals surface area contributed by atoms with Crippen molar-refractivity contribution in [1.29, 1.82) is 0 Å². The zero-order valence-electron chi connectivity index (χ0n) is 12.9. The van der Waals surface area contributed by atoms with Crippen LogP contribution in [0.1, 0.15) is 6.42 Å². The number of ketones is 1. The molecule has 5 amide bonds. The van der Waals surface area contributed by atoms with Gasteiger partial charge < -0.3 is 9.80 Å². The minimum absolute atomic E-state index is 0.0168. The molecule has 2 heterocycles. The van der Waals surface area contributed by atoms with Crippen molar-refractivity contribution in [2.75, 3.05) is 28.2 Å². The molecular formula is C14H18N4O4. The second kappa shape index (κ2) is 4.56. The Morgan fingerprint density at radius 2 is 1.55 bits per heavy atom. The van der Waals surface area contributed by atoms with Crippen LogP contribution in [-0.2, 0) is 9.59 Å². The molecule has 3 fully saturated rings. The van der Waals surface area contributed by atoms with Gasteiger partial charge in [-0.1, -0.05) is 0 Å². The third kappa shape index (κ3) is 1.69. The third-order valence-corrected chi connectivity index (χ3v) is 4.89. The number of imide groups is 1. The van der Waals surface area contributed by atoms with E-state index >= 15 is 0 Å². The molecule has 0 radical (unpaired) electrons. The highest BCUT2D eigenvalue weighted by Gasteiger charge is 2.53. The zero-order chi connectivity index (χ0) is 16.3. The van der Waals surface area contributed by atoms with Crippen LogP contribution in [0.15, 0.2) is 11.8 Å². The highest BCUT2D eigenvalue weighted by Crippen LogP contribution is 2.37. The van der Waals surface area contributed by atoms with E-state index in [1.54, 1.807) is 30.0 Å². The first kappa shape index (κ1) is 14.6. The van der Waals surface area contributed by atoms with Gasteiger partial charge in [0.2, 0.25) is 0 Å². The zero-order valence-corrected chi connectivity index (χ0v) is 12.9. The smallest absolute Gasteiger partial charge is 0.322 e. The van der Waals surface area contributed by atoms with Gasteiger partial charge in [0, 0.05) is 34.6 Å². The van der Waals surface area contributed by atoms with Gasteiger partial charge in [-0.05, 0) is 6.08 Å². The molecule has 0 N–H and O–H groups in total. The van der Waals surface area contributed by atoms with E-state index in [-0.39, 0.29) is 36.0 Å². The molecule has 8 heteroatoms. The summed E-state index contributed by atoms with van der Waals surface area (Å²) in [5.74, 6) is -1.01. The molecule has 1 aliphatic carbocycles. The molecule has 22 heavy (non-hydrogen) atoms. The normalized spacial score (nSPS) is 33.8. The van der Waals surface area contributed by atoms with E-state index < -0.39 is 17.9 Å². The van der Waals surface area contributed by atoms with Crippen LogP contribution >= 0.6 is 0 Å². The van der Waals surface area contributed by atoms with Crippen molar-refractivity contribution in [2.45, 2.75) is 18.5 Å². The summed E-state index contributed by atoms with van der Waals surface area (Å²) in [5.41, 5.74) is 0.196. The molecule has 3 rings (SSSR count). The number of carbonyl (C=O) groups excluding carboxylic acids is 4. The van der Waals surface area contributed by atoms with E-state index in [1.165, 1.54) is 19.0 Å². The predicted octanol–water partition coefficient (Wildman–Crippen LogP) is -0.282. The van der Waals surface area contributed by atoms with Crippen LogP contribution in [0.2, 0.25) is 0 Å². The number of likely N-dealkylation sites (N-methyl/N-ethyl adjacent to an activating group) is 4. The van der Waals surface area contributed by atoms with Crippen molar-refractivity contribution in [3.05, 3.63) is 11.8 Å². The van der Waals surface area contributed by atoms with Gasteiger partial charge >= 0.3 is 12.1 Å². The number of nitrogens with zero attached hydrogens (tertiary/aromatic N) is 4. The third-order valence-electron chi connectivity index (χ3n) is 4.89. The number of hydrogen-bond donors (Lipinski definition) is 0. The molecule has 2 aliphatic heterocycles. The summed E-state index contributed by atoms with van der Waals surface area (Å²) in [4.78, 5) is 53.6. The average molecular weight is 306 g/mol. The van der Waals surface area contributed by atoms with Gasteiger partial charge in [0.1, 0.15) is 11.5 Å². The standard InChI is InChI=1S/C14H18N4O4/c1-15-8-6-10(19)7(11(8)17(3)13(15)21)5-9-12(20)18(4)14(22)16(9)2/h5,7-8,11H,6H2,1-4H3/b9-5-. The summed E-state index contributed by atoms with van der Waals surface area (Å²) >= 11 is 0. The topological polar surface area (TPSA) is 81.2 Å². The van der Waals surface area contributed by atoms with Crippen LogP contribution in [0, 0.1) is 5.92 Å². The number of rotatable bonds is 1. The lowest BCUT2D eigenvalue weighted by atomic mass is 9.99. The van der Waals surface area contributed by atoms with E-state index in [9.17, 15) is 19.2 Å². The molecule has 8 nitrogen and oxygen atoms in total. The van der Waals surface area contributed by atoms with Crippen molar-refractivity contribution in [3.63, 3.8) is 0 Å². The first-order valence-corrected chi connectivity index (χ1v) is 7.05. The minimum atomic E-state index is -0.565. The van der Waals surface area contributed by atoms with Gasteiger partial charge in [-0.2, -0.15) is 0 Å². The lowest BCUT2D eigenvalue weighted by Gasteiger charge is -2.21. The SMILES string of the molecule is CN1C(=O)/C(=C/C2C(=O)CC3C2N(C)C(=O)N3C)N(C)C1=O. The lowest BCUT2D eigenvalue weighted by Crippen LogP contribution is -2.36. The highest BCUT2D eigenvalue weighted by molar-refractivity contribution is 6.11. The minimum Gasteiger partial charge on any atom is -0.322 e. The summed E-state index contributed by atoms with van der Waals surface area (Å²) in [5, 5.41) is 0. The second-order valence-electron chi connectivity index (χ2n) is 6.02. The molecular weight excluding hydrogens is 288 g/mol. The summed E-state index contributed by atoms with van der Waals surface area (Å²) in [6.45, 7) is 0. The van der Waals surface area contributed by atoms with Gasteiger partial charge in [0.15, 0.2) is 0 Å². The van der Waals surface area contributed by atoms with Crippen molar-refractivity contribution < 1.29 is 19.2 Å². The Morgan fingerprint density at radius 1 is 0.909 bits per heavy atom. The van der Waals surface area contributed by atoms with Crippen LogP contribution in [0.4, 0.5) is 9.59 Å². The second-order valence-corrected chi connectivity index (χ2v) is 6.02. The summed E-state index contributed by atoms with van der Waals surface area (Å²) in [7, 11) is 6.24. The van der Waals surface area contributed by atoms with Crippen LogP contribution in [0.25, 0.3) is 0 Å². The van der Waals surface area contributed by atoms with E-state index in [0.29, 0.717) is 0 Å². The Balaban J connectivity index is 1.97. The Morgan fingerprint density at radius 3 is 2.09 bits per heavy atom. The molecule has 3 atom stereocenters. The number of urea groups is 2. The van der Waals surface area contributed by atoms with Crippen molar-refractivity contribution in [2.24, 2.45) is 5.92 Å². The predicted molar refractivity (Wildman–Crippen MR) is 75.6 cm³/mol. The van der Waals surface area contributed by atoms with Gasteiger partial charge in [0.25, 0.3) is 5.91 Å². The van der Waals surface area contributed by atoms with Crippen LogP contribution in [0.3, 0.4) is 0 Å². The van der Waals surface area contributed by atoms with Gasteiger partial charge in [-0.3, -0.25) is 19.4 Å². The number of carbonyl (C=O) groups is 4. The van der Waals surface area contributed by atoms with Gasteiger partial charge in [-0.25, -0.2) is 9.59 Å². The van der Waals surface area contributed by atoms with Crippen molar-refractivity contribution >= 4 is 23.8 Å². The quantitative estimate of drug-likeness (QED) is 0.493. The Bertz CT molecular complexity index is 628. The molecule has 0 bridgehead atoms. The van der Waals surface area contributed by atoms with Crippen LogP contribution in [-0.4, -0.2) is 83.6 Å². The molecule has 1 saturated carbocycles. The molecule has 0 aromatic heterocycles. The molecule has 0 spiro atoms. The van der Waals surface area contributed by atoms with E-state index in [2.05, 4.69) is 0 Å². The Labute approximate surface area is 127 Å². The lowest BCUT2D eigenvalue weighted by molar-refractivity contribution is -0.122. The van der Waals surface area contributed by atoms with E-state index in [1.807, 2.05) is 0 Å².